The molecule has 0 saturated carbocycles. The van der Waals surface area contributed by atoms with Crippen LogP contribution in [0.3, 0.4) is 0 Å². The Kier molecular flexibility index (Phi) is 4.35. The zero-order valence-corrected chi connectivity index (χ0v) is 12.2. The fourth-order valence-corrected chi connectivity index (χ4v) is 2.66. The number of carbonyl (C=O) groups excluding carboxylic acids is 1. The van der Waals surface area contributed by atoms with E-state index in [0.29, 0.717) is 6.42 Å². The Hall–Kier alpha value is -2.39. The molecule has 1 aliphatic rings. The van der Waals surface area contributed by atoms with Gasteiger partial charge in [0, 0.05) is 6.42 Å². The predicted octanol–water partition coefficient (Wildman–Crippen LogP) is 3.43. The number of ether oxygens (including phenoxy) is 1. The van der Waals surface area contributed by atoms with E-state index >= 15 is 0 Å². The van der Waals surface area contributed by atoms with Crippen molar-refractivity contribution in [1.82, 2.24) is 0 Å². The van der Waals surface area contributed by atoms with Crippen LogP contribution in [0.4, 0.5) is 0 Å². The molecule has 0 spiro atoms. The average Bonchev–Trinajstić information content (AvgIpc) is 2.53. The van der Waals surface area contributed by atoms with Crippen molar-refractivity contribution in [1.29, 1.82) is 0 Å². The maximum atomic E-state index is 11.4. The van der Waals surface area contributed by atoms with Crippen molar-refractivity contribution in [2.75, 3.05) is 0 Å². The van der Waals surface area contributed by atoms with E-state index in [1.165, 1.54) is 0 Å². The second kappa shape index (κ2) is 6.58. The summed E-state index contributed by atoms with van der Waals surface area (Å²) in [5, 5.41) is 9.65. The highest BCUT2D eigenvalue weighted by Gasteiger charge is 2.25. The van der Waals surface area contributed by atoms with Crippen LogP contribution >= 0.6 is 0 Å². The Morgan fingerprint density at radius 2 is 1.77 bits per heavy atom. The molecule has 1 aliphatic heterocycles. The van der Waals surface area contributed by atoms with Gasteiger partial charge in [-0.15, -0.1) is 0 Å². The van der Waals surface area contributed by atoms with E-state index in [1.54, 1.807) is 0 Å². The molecule has 1 saturated heterocycles. The molecule has 3 heteroatoms. The van der Waals surface area contributed by atoms with Gasteiger partial charge in [0.15, 0.2) is 0 Å². The van der Waals surface area contributed by atoms with E-state index < -0.39 is 6.10 Å². The monoisotopic (exact) mass is 294 g/mol. The topological polar surface area (TPSA) is 46.5 Å². The van der Waals surface area contributed by atoms with Crippen LogP contribution in [0.1, 0.15) is 18.4 Å². The number of rotatable bonds is 3. The third kappa shape index (κ3) is 3.43. The van der Waals surface area contributed by atoms with Gasteiger partial charge in [-0.05, 0) is 22.8 Å². The van der Waals surface area contributed by atoms with Crippen molar-refractivity contribution >= 4 is 12.0 Å². The lowest BCUT2D eigenvalue weighted by Gasteiger charge is -2.23. The van der Waals surface area contributed by atoms with Crippen LogP contribution in [0.25, 0.3) is 17.2 Å². The van der Waals surface area contributed by atoms with Gasteiger partial charge in [-0.1, -0.05) is 60.7 Å². The second-order valence-corrected chi connectivity index (χ2v) is 5.43. The Morgan fingerprint density at radius 1 is 1.05 bits per heavy atom. The Bertz CT molecular complexity index is 676. The molecule has 1 fully saturated rings. The van der Waals surface area contributed by atoms with E-state index in [2.05, 4.69) is 18.2 Å². The number of hydrogen-bond acceptors (Lipinski definition) is 3. The number of hydrogen-bond donors (Lipinski definition) is 1. The smallest absolute Gasteiger partial charge is 0.309 e. The normalized spacial score (nSPS) is 21.8. The molecule has 3 nitrogen and oxygen atoms in total. The molecule has 2 atom stereocenters. The maximum Gasteiger partial charge on any atom is 0.309 e. The lowest BCUT2D eigenvalue weighted by atomic mass is 9.98. The van der Waals surface area contributed by atoms with Crippen LogP contribution in [0, 0.1) is 0 Å². The highest BCUT2D eigenvalue weighted by molar-refractivity contribution is 5.75. The summed E-state index contributed by atoms with van der Waals surface area (Å²) in [6.07, 6.45) is 3.38. The molecule has 0 aliphatic carbocycles. The first kappa shape index (κ1) is 14.5. The lowest BCUT2D eigenvalue weighted by molar-refractivity contribution is -0.156. The van der Waals surface area contributed by atoms with Gasteiger partial charge in [-0.3, -0.25) is 4.79 Å². The first-order chi connectivity index (χ1) is 10.7. The number of aliphatic hydroxyl groups excluding tert-OH is 1. The molecule has 3 rings (SSSR count). The van der Waals surface area contributed by atoms with E-state index in [1.807, 2.05) is 48.6 Å². The minimum absolute atomic E-state index is 0.0882. The summed E-state index contributed by atoms with van der Waals surface area (Å²) in [5.41, 5.74) is 3.33. The summed E-state index contributed by atoms with van der Waals surface area (Å²) >= 11 is 0. The summed E-state index contributed by atoms with van der Waals surface area (Å²) in [6, 6.07) is 18.2. The Morgan fingerprint density at radius 3 is 2.55 bits per heavy atom. The van der Waals surface area contributed by atoms with Crippen molar-refractivity contribution < 1.29 is 14.6 Å². The highest BCUT2D eigenvalue weighted by atomic mass is 16.5. The molecule has 2 unspecified atom stereocenters. The number of cyclic esters (lactones) is 1. The van der Waals surface area contributed by atoms with Crippen molar-refractivity contribution in [2.45, 2.75) is 25.0 Å². The van der Waals surface area contributed by atoms with Gasteiger partial charge in [0.05, 0.1) is 12.5 Å². The molecule has 22 heavy (non-hydrogen) atoms. The third-order valence-electron chi connectivity index (χ3n) is 3.73. The summed E-state index contributed by atoms with van der Waals surface area (Å²) in [5.74, 6) is -0.343. The van der Waals surface area contributed by atoms with Crippen LogP contribution < -0.4 is 0 Å². The standard InChI is InChI=1S/C19H18O3/c20-16-12-17(22-19(21)13-16)11-10-15-8-4-5-9-18(15)14-6-2-1-3-7-14/h1-11,16-17,20H,12-13H2. The van der Waals surface area contributed by atoms with Crippen LogP contribution in [-0.2, 0) is 9.53 Å². The average molecular weight is 294 g/mol. The van der Waals surface area contributed by atoms with Crippen LogP contribution in [0.2, 0.25) is 0 Å². The molecule has 112 valence electrons. The second-order valence-electron chi connectivity index (χ2n) is 5.43. The Balaban J connectivity index is 1.84. The maximum absolute atomic E-state index is 11.4. The quantitative estimate of drug-likeness (QED) is 0.882. The molecule has 2 aromatic rings. The van der Waals surface area contributed by atoms with Gasteiger partial charge in [-0.25, -0.2) is 0 Å². The molecule has 0 aromatic heterocycles. The van der Waals surface area contributed by atoms with Crippen LogP contribution in [0.15, 0.2) is 60.7 Å². The van der Waals surface area contributed by atoms with Crippen molar-refractivity contribution in [3.8, 4) is 11.1 Å². The molecule has 2 aromatic carbocycles. The number of esters is 1. The molecular formula is C19H18O3. The number of carbonyl (C=O) groups is 1. The van der Waals surface area contributed by atoms with Crippen LogP contribution in [-0.4, -0.2) is 23.3 Å². The summed E-state index contributed by atoms with van der Waals surface area (Å²) in [6.45, 7) is 0. The Labute approximate surface area is 129 Å². The van der Waals surface area contributed by atoms with Gasteiger partial charge in [-0.2, -0.15) is 0 Å². The van der Waals surface area contributed by atoms with Gasteiger partial charge in [0.1, 0.15) is 6.10 Å². The first-order valence-electron chi connectivity index (χ1n) is 7.42. The summed E-state index contributed by atoms with van der Waals surface area (Å²) in [7, 11) is 0. The van der Waals surface area contributed by atoms with Gasteiger partial charge in [0.25, 0.3) is 0 Å². The number of aliphatic hydroxyl groups is 1. The fourth-order valence-electron chi connectivity index (χ4n) is 2.66. The number of benzene rings is 2. The van der Waals surface area contributed by atoms with Crippen molar-refractivity contribution in [2.24, 2.45) is 0 Å². The minimum Gasteiger partial charge on any atom is -0.458 e. The molecular weight excluding hydrogens is 276 g/mol. The van der Waals surface area contributed by atoms with Gasteiger partial charge < -0.3 is 9.84 Å². The highest BCUT2D eigenvalue weighted by Crippen LogP contribution is 2.25. The van der Waals surface area contributed by atoms with Crippen LogP contribution in [0.5, 0.6) is 0 Å². The van der Waals surface area contributed by atoms with Crippen molar-refractivity contribution in [3.05, 3.63) is 66.2 Å². The largest absolute Gasteiger partial charge is 0.458 e. The van der Waals surface area contributed by atoms with Crippen molar-refractivity contribution in [3.63, 3.8) is 0 Å². The molecule has 1 N–H and O–H groups in total. The van der Waals surface area contributed by atoms with E-state index in [0.717, 1.165) is 16.7 Å². The van der Waals surface area contributed by atoms with Gasteiger partial charge in [0.2, 0.25) is 0 Å². The van der Waals surface area contributed by atoms with Gasteiger partial charge >= 0.3 is 5.97 Å². The lowest BCUT2D eigenvalue weighted by Crippen LogP contribution is -2.31. The zero-order chi connectivity index (χ0) is 15.4. The SMILES string of the molecule is O=C1CC(O)CC(C=Cc2ccccc2-c2ccccc2)O1. The molecule has 0 radical (unpaired) electrons. The fraction of sp³-hybridized carbons (Fsp3) is 0.211. The summed E-state index contributed by atoms with van der Waals surface area (Å²) in [4.78, 5) is 11.4. The van der Waals surface area contributed by atoms with E-state index in [9.17, 15) is 9.90 Å². The molecule has 0 bridgehead atoms. The predicted molar refractivity (Wildman–Crippen MR) is 86.0 cm³/mol. The van der Waals surface area contributed by atoms with E-state index in [-0.39, 0.29) is 18.5 Å². The summed E-state index contributed by atoms with van der Waals surface area (Å²) < 4.78 is 5.24. The van der Waals surface area contributed by atoms with E-state index in [4.69, 9.17) is 4.74 Å². The third-order valence-corrected chi connectivity index (χ3v) is 3.73. The molecule has 1 heterocycles. The zero-order valence-electron chi connectivity index (χ0n) is 12.2. The first-order valence-corrected chi connectivity index (χ1v) is 7.42. The molecule has 0 amide bonds. The minimum atomic E-state index is -0.611.